The molecule has 0 radical (unpaired) electrons. The average Bonchev–Trinajstić information content (AvgIpc) is 2.00. The third-order valence-electron chi connectivity index (χ3n) is 1.69. The molecule has 1 unspecified atom stereocenters. The van der Waals surface area contributed by atoms with Gasteiger partial charge in [-0.05, 0) is 40.2 Å². The van der Waals surface area contributed by atoms with Crippen LogP contribution < -0.4 is 5.73 Å². The topological polar surface area (TPSA) is 89.6 Å². The molecule has 1 atom stereocenters. The quantitative estimate of drug-likeness (QED) is 0.524. The van der Waals surface area contributed by atoms with Crippen molar-refractivity contribution in [1.82, 2.24) is 0 Å². The molecule has 0 heterocycles. The number of aliphatic carboxylic acids is 1. The van der Waals surface area contributed by atoms with Crippen LogP contribution in [0.3, 0.4) is 0 Å². The molecule has 5 heteroatoms. The Labute approximate surface area is 89.6 Å². The van der Waals surface area contributed by atoms with Crippen molar-refractivity contribution in [3.05, 3.63) is 0 Å². The molecule has 0 rings (SSSR count). The van der Waals surface area contributed by atoms with Gasteiger partial charge in [-0.25, -0.2) is 0 Å². The van der Waals surface area contributed by atoms with Crippen molar-refractivity contribution in [3.63, 3.8) is 0 Å². The highest BCUT2D eigenvalue weighted by Crippen LogP contribution is 2.15. The lowest BCUT2D eigenvalue weighted by atomic mass is 10.0. The van der Waals surface area contributed by atoms with E-state index < -0.39 is 23.5 Å². The SMILES string of the molecule is CC(C)(C)OC(=O)C(CCCN)C(=O)O. The summed E-state index contributed by atoms with van der Waals surface area (Å²) in [6, 6.07) is 0. The van der Waals surface area contributed by atoms with Gasteiger partial charge in [0.15, 0.2) is 5.92 Å². The summed E-state index contributed by atoms with van der Waals surface area (Å²) >= 11 is 0. The van der Waals surface area contributed by atoms with E-state index in [0.29, 0.717) is 13.0 Å². The first-order chi connectivity index (χ1) is 6.78. The fourth-order valence-corrected chi connectivity index (χ4v) is 1.04. The Morgan fingerprint density at radius 2 is 1.93 bits per heavy atom. The van der Waals surface area contributed by atoms with Crippen LogP contribution in [0.1, 0.15) is 33.6 Å². The Bertz CT molecular complexity index is 232. The van der Waals surface area contributed by atoms with Gasteiger partial charge in [-0.1, -0.05) is 0 Å². The molecule has 0 aromatic rings. The maximum Gasteiger partial charge on any atom is 0.320 e. The van der Waals surface area contributed by atoms with Crippen LogP contribution in [0.5, 0.6) is 0 Å². The fraction of sp³-hybridized carbons (Fsp3) is 0.800. The maximum atomic E-state index is 11.5. The van der Waals surface area contributed by atoms with E-state index in [4.69, 9.17) is 15.6 Å². The summed E-state index contributed by atoms with van der Waals surface area (Å²) in [6.07, 6.45) is 0.719. The number of ether oxygens (including phenoxy) is 1. The molecule has 0 saturated heterocycles. The van der Waals surface area contributed by atoms with Crippen molar-refractivity contribution in [2.45, 2.75) is 39.2 Å². The molecule has 0 fully saturated rings. The molecule has 0 bridgehead atoms. The van der Waals surface area contributed by atoms with E-state index >= 15 is 0 Å². The van der Waals surface area contributed by atoms with Gasteiger partial charge in [0.05, 0.1) is 0 Å². The van der Waals surface area contributed by atoms with Crippen molar-refractivity contribution < 1.29 is 19.4 Å². The Balaban J connectivity index is 4.36. The van der Waals surface area contributed by atoms with Crippen LogP contribution in [-0.2, 0) is 14.3 Å². The van der Waals surface area contributed by atoms with E-state index in [0.717, 1.165) is 0 Å². The minimum absolute atomic E-state index is 0.223. The first-order valence-corrected chi connectivity index (χ1v) is 4.93. The molecule has 0 spiro atoms. The number of carbonyl (C=O) groups excluding carboxylic acids is 1. The highest BCUT2D eigenvalue weighted by molar-refractivity contribution is 5.94. The summed E-state index contributed by atoms with van der Waals surface area (Å²) in [5.74, 6) is -2.95. The lowest BCUT2D eigenvalue weighted by Gasteiger charge is -2.22. The minimum atomic E-state index is -1.15. The van der Waals surface area contributed by atoms with Crippen LogP contribution in [0, 0.1) is 5.92 Å². The minimum Gasteiger partial charge on any atom is -0.481 e. The summed E-state index contributed by atoms with van der Waals surface area (Å²) in [7, 11) is 0. The number of hydrogen-bond acceptors (Lipinski definition) is 4. The number of hydrogen-bond donors (Lipinski definition) is 2. The first kappa shape index (κ1) is 13.9. The number of rotatable bonds is 5. The van der Waals surface area contributed by atoms with Gasteiger partial charge in [0.1, 0.15) is 5.60 Å². The predicted octanol–water partition coefficient (Wildman–Crippen LogP) is 0.768. The van der Waals surface area contributed by atoms with E-state index in [9.17, 15) is 9.59 Å². The molecule has 0 aliphatic rings. The zero-order chi connectivity index (χ0) is 12.1. The Kier molecular flexibility index (Phi) is 5.28. The largest absolute Gasteiger partial charge is 0.481 e. The van der Waals surface area contributed by atoms with Crippen LogP contribution in [0.15, 0.2) is 0 Å². The second-order valence-electron chi connectivity index (χ2n) is 4.36. The number of carboxylic acid groups (broad SMARTS) is 1. The van der Waals surface area contributed by atoms with Crippen molar-refractivity contribution in [3.8, 4) is 0 Å². The molecular weight excluding hydrogens is 198 g/mol. The van der Waals surface area contributed by atoms with Crippen LogP contribution in [0.4, 0.5) is 0 Å². The fourth-order valence-electron chi connectivity index (χ4n) is 1.04. The summed E-state index contributed by atoms with van der Waals surface area (Å²) in [4.78, 5) is 22.3. The van der Waals surface area contributed by atoms with Crippen molar-refractivity contribution in [2.24, 2.45) is 11.7 Å². The Morgan fingerprint density at radius 3 is 2.27 bits per heavy atom. The Morgan fingerprint density at radius 1 is 1.40 bits per heavy atom. The van der Waals surface area contributed by atoms with Gasteiger partial charge >= 0.3 is 11.9 Å². The van der Waals surface area contributed by atoms with E-state index in [1.807, 2.05) is 0 Å². The van der Waals surface area contributed by atoms with Crippen LogP contribution >= 0.6 is 0 Å². The predicted molar refractivity (Wildman–Crippen MR) is 55.3 cm³/mol. The van der Waals surface area contributed by atoms with Gasteiger partial charge in [0.25, 0.3) is 0 Å². The number of carboxylic acids is 1. The normalized spacial score (nSPS) is 13.3. The summed E-state index contributed by atoms with van der Waals surface area (Å²) < 4.78 is 5.00. The Hall–Kier alpha value is -1.10. The van der Waals surface area contributed by atoms with Crippen molar-refractivity contribution in [1.29, 1.82) is 0 Å². The van der Waals surface area contributed by atoms with Crippen LogP contribution in [0.2, 0.25) is 0 Å². The zero-order valence-corrected chi connectivity index (χ0v) is 9.45. The second kappa shape index (κ2) is 5.70. The molecule has 0 saturated carbocycles. The third-order valence-corrected chi connectivity index (χ3v) is 1.69. The molecule has 15 heavy (non-hydrogen) atoms. The first-order valence-electron chi connectivity index (χ1n) is 4.93. The molecule has 0 aliphatic carbocycles. The zero-order valence-electron chi connectivity index (χ0n) is 9.45. The van der Waals surface area contributed by atoms with Crippen LogP contribution in [0.25, 0.3) is 0 Å². The monoisotopic (exact) mass is 217 g/mol. The summed E-state index contributed by atoms with van der Waals surface area (Å²) in [5.41, 5.74) is 4.60. The van der Waals surface area contributed by atoms with Gasteiger partial charge in [0.2, 0.25) is 0 Å². The maximum absolute atomic E-state index is 11.5. The molecule has 5 nitrogen and oxygen atoms in total. The van der Waals surface area contributed by atoms with Crippen molar-refractivity contribution in [2.75, 3.05) is 6.54 Å². The average molecular weight is 217 g/mol. The summed E-state index contributed by atoms with van der Waals surface area (Å²) in [5, 5.41) is 8.83. The van der Waals surface area contributed by atoms with Gasteiger partial charge in [-0.15, -0.1) is 0 Å². The molecular formula is C10H19NO4. The second-order valence-corrected chi connectivity index (χ2v) is 4.36. The number of carbonyl (C=O) groups is 2. The molecule has 0 amide bonds. The van der Waals surface area contributed by atoms with E-state index in [1.54, 1.807) is 20.8 Å². The third kappa shape index (κ3) is 6.06. The molecule has 0 aliphatic heterocycles. The lowest BCUT2D eigenvalue weighted by Crippen LogP contribution is -2.33. The lowest BCUT2D eigenvalue weighted by molar-refractivity contribution is -0.167. The highest BCUT2D eigenvalue weighted by Gasteiger charge is 2.30. The standard InChI is InChI=1S/C10H19NO4/c1-10(2,3)15-9(14)7(8(12)13)5-4-6-11/h7H,4-6,11H2,1-3H3,(H,12,13). The molecule has 0 aromatic heterocycles. The number of nitrogens with two attached hydrogens (primary N) is 1. The highest BCUT2D eigenvalue weighted by atomic mass is 16.6. The smallest absolute Gasteiger partial charge is 0.320 e. The van der Waals surface area contributed by atoms with E-state index in [-0.39, 0.29) is 6.42 Å². The molecule has 3 N–H and O–H groups in total. The van der Waals surface area contributed by atoms with Crippen LogP contribution in [-0.4, -0.2) is 29.2 Å². The van der Waals surface area contributed by atoms with Gasteiger partial charge in [-0.2, -0.15) is 0 Å². The van der Waals surface area contributed by atoms with Crippen molar-refractivity contribution >= 4 is 11.9 Å². The van der Waals surface area contributed by atoms with E-state index in [1.165, 1.54) is 0 Å². The molecule has 88 valence electrons. The number of esters is 1. The van der Waals surface area contributed by atoms with Gasteiger partial charge in [0, 0.05) is 0 Å². The van der Waals surface area contributed by atoms with Gasteiger partial charge in [-0.3, -0.25) is 9.59 Å². The van der Waals surface area contributed by atoms with Gasteiger partial charge < -0.3 is 15.6 Å². The van der Waals surface area contributed by atoms with E-state index in [2.05, 4.69) is 0 Å². The molecule has 0 aromatic carbocycles. The summed E-state index contributed by atoms with van der Waals surface area (Å²) in [6.45, 7) is 5.47.